The fourth-order valence-electron chi connectivity index (χ4n) is 2.14. The highest BCUT2D eigenvalue weighted by Crippen LogP contribution is 2.15. The van der Waals surface area contributed by atoms with Crippen molar-refractivity contribution < 1.29 is 9.53 Å². The number of carbonyl (C=O) groups is 1. The zero-order valence-electron chi connectivity index (χ0n) is 13.9. The predicted octanol–water partition coefficient (Wildman–Crippen LogP) is 0.677. The molecule has 0 radical (unpaired) electrons. The summed E-state index contributed by atoms with van der Waals surface area (Å²) in [7, 11) is 5.37. The van der Waals surface area contributed by atoms with Crippen LogP contribution in [0.25, 0.3) is 0 Å². The Morgan fingerprint density at radius 2 is 2.00 bits per heavy atom. The first-order valence-electron chi connectivity index (χ1n) is 7.33. The summed E-state index contributed by atoms with van der Waals surface area (Å²) in [5.74, 6) is -0.379. The van der Waals surface area contributed by atoms with Gasteiger partial charge in [-0.2, -0.15) is 0 Å². The third kappa shape index (κ3) is 4.32. The van der Waals surface area contributed by atoms with Crippen LogP contribution in [0.1, 0.15) is 5.69 Å². The van der Waals surface area contributed by atoms with Crippen LogP contribution in [0.4, 0.5) is 17.3 Å². The molecule has 0 aliphatic heterocycles. The maximum Gasteiger partial charge on any atom is 0.255 e. The number of hydrogen-bond donors (Lipinski definition) is 2. The molecular formula is C16H21N5O3. The molecule has 0 atom stereocenters. The van der Waals surface area contributed by atoms with E-state index in [4.69, 9.17) is 10.5 Å². The highest BCUT2D eigenvalue weighted by molar-refractivity contribution is 5.90. The first-order valence-corrected chi connectivity index (χ1v) is 7.33. The number of anilines is 3. The number of methoxy groups -OCH3 is 1. The van der Waals surface area contributed by atoms with Gasteiger partial charge in [0, 0.05) is 38.6 Å². The lowest BCUT2D eigenvalue weighted by Gasteiger charge is -2.13. The quantitative estimate of drug-likeness (QED) is 0.807. The zero-order valence-corrected chi connectivity index (χ0v) is 13.9. The van der Waals surface area contributed by atoms with Gasteiger partial charge in [-0.3, -0.25) is 14.2 Å². The zero-order chi connectivity index (χ0) is 17.7. The molecule has 0 saturated carbocycles. The molecule has 8 nitrogen and oxygen atoms in total. The maximum absolute atomic E-state index is 12.1. The minimum Gasteiger partial charge on any atom is -0.378 e. The molecular weight excluding hydrogens is 310 g/mol. The molecule has 1 heterocycles. The number of rotatable bonds is 6. The summed E-state index contributed by atoms with van der Waals surface area (Å²) >= 11 is 0. The predicted molar refractivity (Wildman–Crippen MR) is 93.0 cm³/mol. The normalized spacial score (nSPS) is 10.5. The monoisotopic (exact) mass is 331 g/mol. The standard InChI is InChI=1S/C16H21N5O3/c1-20(2)13-6-4-11(5-7-13)18-14(22)9-21-15(23)8-12(10-24-3)19-16(21)17/h4-8H,9-10H2,1-3H3,(H2,17,19)(H,18,22). The van der Waals surface area contributed by atoms with Crippen molar-refractivity contribution in [2.24, 2.45) is 0 Å². The Kier molecular flexibility index (Phi) is 5.54. The van der Waals surface area contributed by atoms with Crippen molar-refractivity contribution in [3.63, 3.8) is 0 Å². The summed E-state index contributed by atoms with van der Waals surface area (Å²) in [5, 5.41) is 2.73. The third-order valence-electron chi connectivity index (χ3n) is 3.35. The largest absolute Gasteiger partial charge is 0.378 e. The van der Waals surface area contributed by atoms with Gasteiger partial charge in [-0.05, 0) is 24.3 Å². The highest BCUT2D eigenvalue weighted by atomic mass is 16.5. The second kappa shape index (κ2) is 7.60. The number of nitrogens with one attached hydrogen (secondary N) is 1. The molecule has 0 aliphatic carbocycles. The number of benzene rings is 1. The van der Waals surface area contributed by atoms with Crippen LogP contribution in [0.2, 0.25) is 0 Å². The summed E-state index contributed by atoms with van der Waals surface area (Å²) in [6, 6.07) is 8.66. The Bertz CT molecular complexity index is 768. The van der Waals surface area contributed by atoms with Gasteiger partial charge >= 0.3 is 0 Å². The number of aromatic nitrogens is 2. The fourth-order valence-corrected chi connectivity index (χ4v) is 2.14. The van der Waals surface area contributed by atoms with E-state index in [2.05, 4.69) is 10.3 Å². The molecule has 0 bridgehead atoms. The fraction of sp³-hybridized carbons (Fsp3) is 0.312. The van der Waals surface area contributed by atoms with Gasteiger partial charge in [-0.25, -0.2) is 4.98 Å². The SMILES string of the molecule is COCc1cc(=O)n(CC(=O)Nc2ccc(N(C)C)cc2)c(N)n1. The third-order valence-corrected chi connectivity index (χ3v) is 3.35. The Hall–Kier alpha value is -2.87. The summed E-state index contributed by atoms with van der Waals surface area (Å²) in [6.07, 6.45) is 0. The summed E-state index contributed by atoms with van der Waals surface area (Å²) in [4.78, 5) is 30.2. The molecule has 0 fully saturated rings. The number of amides is 1. The molecule has 1 amide bonds. The first kappa shape index (κ1) is 17.5. The van der Waals surface area contributed by atoms with Crippen molar-refractivity contribution in [1.29, 1.82) is 0 Å². The Morgan fingerprint density at radius 3 is 2.54 bits per heavy atom. The van der Waals surface area contributed by atoms with Gasteiger partial charge in [-0.1, -0.05) is 0 Å². The summed E-state index contributed by atoms with van der Waals surface area (Å²) in [5.41, 5.74) is 7.45. The Balaban J connectivity index is 2.08. The molecule has 8 heteroatoms. The van der Waals surface area contributed by atoms with Crippen LogP contribution in [0.3, 0.4) is 0 Å². The van der Waals surface area contributed by atoms with E-state index in [0.29, 0.717) is 11.4 Å². The maximum atomic E-state index is 12.1. The van der Waals surface area contributed by atoms with Crippen molar-refractivity contribution in [3.05, 3.63) is 46.4 Å². The Morgan fingerprint density at radius 1 is 1.33 bits per heavy atom. The second-order valence-corrected chi connectivity index (χ2v) is 5.45. The lowest BCUT2D eigenvalue weighted by molar-refractivity contribution is -0.116. The molecule has 3 N–H and O–H groups in total. The minimum atomic E-state index is -0.396. The van der Waals surface area contributed by atoms with E-state index < -0.39 is 5.56 Å². The number of hydrogen-bond acceptors (Lipinski definition) is 6. The average molecular weight is 331 g/mol. The van der Waals surface area contributed by atoms with E-state index in [0.717, 1.165) is 10.3 Å². The van der Waals surface area contributed by atoms with Crippen molar-refractivity contribution in [3.8, 4) is 0 Å². The summed E-state index contributed by atoms with van der Waals surface area (Å²) in [6.45, 7) is -0.0228. The molecule has 128 valence electrons. The van der Waals surface area contributed by atoms with E-state index in [1.807, 2.05) is 31.1 Å². The van der Waals surface area contributed by atoms with E-state index in [-0.39, 0.29) is 25.0 Å². The van der Waals surface area contributed by atoms with E-state index >= 15 is 0 Å². The topological polar surface area (TPSA) is 102 Å². The van der Waals surface area contributed by atoms with E-state index in [1.54, 1.807) is 12.1 Å². The van der Waals surface area contributed by atoms with E-state index in [1.165, 1.54) is 13.2 Å². The second-order valence-electron chi connectivity index (χ2n) is 5.45. The van der Waals surface area contributed by atoms with Gasteiger partial charge < -0.3 is 20.7 Å². The van der Waals surface area contributed by atoms with Gasteiger partial charge in [-0.15, -0.1) is 0 Å². The lowest BCUT2D eigenvalue weighted by atomic mass is 10.2. The lowest BCUT2D eigenvalue weighted by Crippen LogP contribution is -2.30. The van der Waals surface area contributed by atoms with Gasteiger partial charge in [0.15, 0.2) is 0 Å². The average Bonchev–Trinajstić information content (AvgIpc) is 2.52. The molecule has 1 aromatic carbocycles. The number of nitrogen functional groups attached to an aromatic ring is 1. The van der Waals surface area contributed by atoms with Crippen molar-refractivity contribution in [2.45, 2.75) is 13.2 Å². The van der Waals surface area contributed by atoms with Gasteiger partial charge in [0.1, 0.15) is 6.54 Å². The van der Waals surface area contributed by atoms with Gasteiger partial charge in [0.05, 0.1) is 12.3 Å². The van der Waals surface area contributed by atoms with Crippen LogP contribution in [0.5, 0.6) is 0 Å². The number of nitrogens with zero attached hydrogens (tertiary/aromatic N) is 3. The number of carbonyl (C=O) groups excluding carboxylic acids is 1. The molecule has 0 aliphatic rings. The van der Waals surface area contributed by atoms with Crippen LogP contribution >= 0.6 is 0 Å². The molecule has 1 aromatic heterocycles. The molecule has 0 unspecified atom stereocenters. The van der Waals surface area contributed by atoms with Gasteiger partial charge in [0.25, 0.3) is 5.56 Å². The van der Waals surface area contributed by atoms with Crippen LogP contribution in [-0.2, 0) is 22.7 Å². The molecule has 0 saturated heterocycles. The molecule has 24 heavy (non-hydrogen) atoms. The smallest absolute Gasteiger partial charge is 0.255 e. The van der Waals surface area contributed by atoms with E-state index in [9.17, 15) is 9.59 Å². The van der Waals surface area contributed by atoms with Crippen LogP contribution in [0, 0.1) is 0 Å². The number of nitrogens with two attached hydrogens (primary N) is 1. The van der Waals surface area contributed by atoms with Crippen molar-refractivity contribution >= 4 is 23.2 Å². The highest BCUT2D eigenvalue weighted by Gasteiger charge is 2.10. The molecule has 2 aromatic rings. The van der Waals surface area contributed by atoms with Gasteiger partial charge in [0.2, 0.25) is 11.9 Å². The van der Waals surface area contributed by atoms with Crippen LogP contribution < -0.4 is 21.5 Å². The summed E-state index contributed by atoms with van der Waals surface area (Å²) < 4.78 is 6.03. The molecule has 2 rings (SSSR count). The van der Waals surface area contributed by atoms with Crippen LogP contribution in [-0.4, -0.2) is 36.7 Å². The number of ether oxygens (including phenoxy) is 1. The molecule has 0 spiro atoms. The Labute approximate surface area is 139 Å². The van der Waals surface area contributed by atoms with Crippen molar-refractivity contribution in [2.75, 3.05) is 37.2 Å². The first-order chi connectivity index (χ1) is 11.4. The van der Waals surface area contributed by atoms with Crippen LogP contribution in [0.15, 0.2) is 35.1 Å². The minimum absolute atomic E-state index is 0.0207. The van der Waals surface area contributed by atoms with Crippen molar-refractivity contribution in [1.82, 2.24) is 9.55 Å².